The van der Waals surface area contributed by atoms with E-state index in [1.807, 2.05) is 44.2 Å². The van der Waals surface area contributed by atoms with Gasteiger partial charge in [0, 0.05) is 24.1 Å². The van der Waals surface area contributed by atoms with E-state index in [4.69, 9.17) is 4.42 Å². The van der Waals surface area contributed by atoms with Crippen molar-refractivity contribution < 1.29 is 9.21 Å². The van der Waals surface area contributed by atoms with Gasteiger partial charge in [0.2, 0.25) is 11.8 Å². The van der Waals surface area contributed by atoms with Gasteiger partial charge in [-0.25, -0.2) is 4.98 Å². The third kappa shape index (κ3) is 3.39. The first kappa shape index (κ1) is 16.9. The summed E-state index contributed by atoms with van der Waals surface area (Å²) < 4.78 is 5.69. The Hall–Kier alpha value is -2.54. The zero-order valence-electron chi connectivity index (χ0n) is 14.7. The van der Waals surface area contributed by atoms with Gasteiger partial charge in [-0.3, -0.25) is 4.79 Å². The number of carbonyl (C=O) groups excluding carboxylic acids is 1. The lowest BCUT2D eigenvalue weighted by atomic mass is 9.80. The van der Waals surface area contributed by atoms with Crippen molar-refractivity contribution in [3.05, 3.63) is 53.3 Å². The minimum absolute atomic E-state index is 0.117. The summed E-state index contributed by atoms with van der Waals surface area (Å²) in [6.07, 6.45) is 3.40. The topological polar surface area (TPSA) is 80.9 Å². The first-order valence-corrected chi connectivity index (χ1v) is 9.57. The molecule has 2 aromatic heterocycles. The van der Waals surface area contributed by atoms with E-state index < -0.39 is 0 Å². The minimum atomic E-state index is -0.117. The first-order chi connectivity index (χ1) is 12.6. The van der Waals surface area contributed by atoms with Crippen LogP contribution < -0.4 is 5.32 Å². The maximum absolute atomic E-state index is 12.4. The third-order valence-corrected chi connectivity index (χ3v) is 5.58. The number of hydrogen-bond acceptors (Lipinski definition) is 6. The fourth-order valence-electron chi connectivity index (χ4n) is 2.94. The molecule has 134 valence electrons. The maximum atomic E-state index is 12.4. The Bertz CT molecular complexity index is 897. The molecule has 26 heavy (non-hydrogen) atoms. The Kier molecular flexibility index (Phi) is 4.55. The van der Waals surface area contributed by atoms with Crippen molar-refractivity contribution in [2.24, 2.45) is 0 Å². The van der Waals surface area contributed by atoms with Gasteiger partial charge < -0.3 is 9.73 Å². The second-order valence-corrected chi connectivity index (χ2v) is 7.90. The molecule has 0 radical (unpaired) electrons. The van der Waals surface area contributed by atoms with Gasteiger partial charge in [-0.15, -0.1) is 21.5 Å². The molecular weight excluding hydrogens is 348 g/mol. The van der Waals surface area contributed by atoms with Gasteiger partial charge in [0.15, 0.2) is 5.01 Å². The van der Waals surface area contributed by atoms with Crippen LogP contribution in [-0.4, -0.2) is 27.1 Å². The van der Waals surface area contributed by atoms with E-state index in [1.165, 1.54) is 11.3 Å². The summed E-state index contributed by atoms with van der Waals surface area (Å²) in [5, 5.41) is 11.7. The highest BCUT2D eigenvalue weighted by Gasteiger charge is 2.35. The van der Waals surface area contributed by atoms with Gasteiger partial charge >= 0.3 is 0 Å². The van der Waals surface area contributed by atoms with Gasteiger partial charge in [-0.05, 0) is 18.4 Å². The first-order valence-electron chi connectivity index (χ1n) is 8.75. The van der Waals surface area contributed by atoms with Gasteiger partial charge in [-0.2, -0.15) is 0 Å². The maximum Gasteiger partial charge on any atom is 0.280 e. The van der Waals surface area contributed by atoms with E-state index in [0.717, 1.165) is 23.3 Å². The number of amides is 1. The molecule has 0 atom stereocenters. The van der Waals surface area contributed by atoms with Crippen molar-refractivity contribution in [2.45, 2.75) is 44.6 Å². The van der Waals surface area contributed by atoms with Crippen LogP contribution in [0.2, 0.25) is 0 Å². The molecule has 0 unspecified atom stereocenters. The number of carbonyl (C=O) groups is 1. The summed E-state index contributed by atoms with van der Waals surface area (Å²) in [7, 11) is 0. The van der Waals surface area contributed by atoms with E-state index in [9.17, 15) is 4.79 Å². The molecule has 1 aliphatic carbocycles. The molecule has 0 saturated heterocycles. The number of aromatic nitrogens is 3. The summed E-state index contributed by atoms with van der Waals surface area (Å²) in [5.74, 6) is 1.70. The zero-order valence-corrected chi connectivity index (χ0v) is 15.5. The van der Waals surface area contributed by atoms with Crippen LogP contribution in [0.15, 0.2) is 40.9 Å². The predicted molar refractivity (Wildman–Crippen MR) is 99.2 cm³/mol. The molecule has 4 rings (SSSR count). The Morgan fingerprint density at radius 1 is 1.23 bits per heavy atom. The molecule has 1 fully saturated rings. The summed E-state index contributed by atoms with van der Waals surface area (Å²) >= 11 is 1.41. The van der Waals surface area contributed by atoms with Crippen LogP contribution in [0, 0.1) is 0 Å². The number of hydrogen-bond donors (Lipinski definition) is 1. The summed E-state index contributed by atoms with van der Waals surface area (Å²) in [6, 6.07) is 10.1. The molecule has 1 N–H and O–H groups in total. The largest absolute Gasteiger partial charge is 0.425 e. The van der Waals surface area contributed by atoms with Crippen LogP contribution in [0.5, 0.6) is 0 Å². The second-order valence-electron chi connectivity index (χ2n) is 6.87. The van der Waals surface area contributed by atoms with Crippen molar-refractivity contribution in [1.82, 2.24) is 20.5 Å². The van der Waals surface area contributed by atoms with Gasteiger partial charge in [0.05, 0.1) is 4.88 Å². The van der Waals surface area contributed by atoms with Gasteiger partial charge in [0.1, 0.15) is 0 Å². The van der Waals surface area contributed by atoms with Crippen molar-refractivity contribution in [3.63, 3.8) is 0 Å². The molecule has 0 spiro atoms. The molecule has 0 bridgehead atoms. The molecule has 1 aromatic carbocycles. The quantitative estimate of drug-likeness (QED) is 0.736. The molecule has 1 aliphatic rings. The number of rotatable bonds is 5. The lowest BCUT2D eigenvalue weighted by Crippen LogP contribution is -2.43. The molecule has 0 aliphatic heterocycles. The van der Waals surface area contributed by atoms with Crippen molar-refractivity contribution >= 4 is 17.2 Å². The fraction of sp³-hybridized carbons (Fsp3) is 0.368. The Balaban J connectivity index is 1.33. The predicted octanol–water partition coefficient (Wildman–Crippen LogP) is 3.99. The van der Waals surface area contributed by atoms with Crippen LogP contribution in [0.1, 0.15) is 60.1 Å². The van der Waals surface area contributed by atoms with Crippen LogP contribution in [0.4, 0.5) is 0 Å². The zero-order chi connectivity index (χ0) is 18.1. The minimum Gasteiger partial charge on any atom is -0.425 e. The van der Waals surface area contributed by atoms with Gasteiger partial charge in [-0.1, -0.05) is 44.2 Å². The molecule has 1 amide bonds. The molecule has 7 heteroatoms. The van der Waals surface area contributed by atoms with Crippen molar-refractivity contribution in [2.75, 3.05) is 0 Å². The van der Waals surface area contributed by atoms with Gasteiger partial charge in [0.25, 0.3) is 5.91 Å². The Morgan fingerprint density at radius 3 is 2.69 bits per heavy atom. The number of thiazole rings is 1. The number of benzene rings is 1. The Labute approximate surface area is 155 Å². The lowest BCUT2D eigenvalue weighted by molar-refractivity contribution is 0.0902. The standard InChI is InChI=1S/C19H20N4O2S/c1-11(2)17-22-23-18(25-17)13-8-14(9-13)21-16(24)19-20-10-15(26-19)12-6-4-3-5-7-12/h3-7,10-11,13-14H,8-9H2,1-2H3,(H,21,24). The van der Waals surface area contributed by atoms with E-state index in [-0.39, 0.29) is 23.8 Å². The summed E-state index contributed by atoms with van der Waals surface area (Å²) in [4.78, 5) is 17.7. The number of nitrogens with zero attached hydrogens (tertiary/aromatic N) is 3. The monoisotopic (exact) mass is 368 g/mol. The second kappa shape index (κ2) is 6.99. The molecule has 6 nitrogen and oxygen atoms in total. The van der Waals surface area contributed by atoms with E-state index in [1.54, 1.807) is 6.20 Å². The van der Waals surface area contributed by atoms with Crippen LogP contribution in [-0.2, 0) is 0 Å². The summed E-state index contributed by atoms with van der Waals surface area (Å²) in [6.45, 7) is 4.05. The smallest absolute Gasteiger partial charge is 0.280 e. The fourth-order valence-corrected chi connectivity index (χ4v) is 3.77. The average Bonchev–Trinajstić information content (AvgIpc) is 3.28. The third-order valence-electron chi connectivity index (χ3n) is 4.53. The van der Waals surface area contributed by atoms with E-state index in [0.29, 0.717) is 16.8 Å². The molecular formula is C19H20N4O2S. The van der Waals surface area contributed by atoms with Crippen molar-refractivity contribution in [1.29, 1.82) is 0 Å². The Morgan fingerprint density at radius 2 is 2.00 bits per heavy atom. The SMILES string of the molecule is CC(C)c1nnc(C2CC(NC(=O)c3ncc(-c4ccccc4)s3)C2)o1. The van der Waals surface area contributed by atoms with Crippen LogP contribution in [0.25, 0.3) is 10.4 Å². The lowest BCUT2D eigenvalue weighted by Gasteiger charge is -2.33. The highest BCUT2D eigenvalue weighted by Crippen LogP contribution is 2.37. The number of nitrogens with one attached hydrogen (secondary N) is 1. The average molecular weight is 368 g/mol. The molecule has 3 aromatic rings. The normalized spacial score (nSPS) is 19.3. The highest BCUT2D eigenvalue weighted by atomic mass is 32.1. The van der Waals surface area contributed by atoms with Crippen LogP contribution in [0.3, 0.4) is 0 Å². The van der Waals surface area contributed by atoms with Crippen molar-refractivity contribution in [3.8, 4) is 10.4 Å². The molecule has 2 heterocycles. The molecule has 1 saturated carbocycles. The van der Waals surface area contributed by atoms with Crippen LogP contribution >= 0.6 is 11.3 Å². The highest BCUT2D eigenvalue weighted by molar-refractivity contribution is 7.16. The summed E-state index contributed by atoms with van der Waals surface area (Å²) in [5.41, 5.74) is 1.07. The van der Waals surface area contributed by atoms with E-state index >= 15 is 0 Å². The van der Waals surface area contributed by atoms with E-state index in [2.05, 4.69) is 20.5 Å².